The Kier molecular flexibility index (Phi) is 3.94. The van der Waals surface area contributed by atoms with Gasteiger partial charge in [-0.25, -0.2) is 0 Å². The van der Waals surface area contributed by atoms with Gasteiger partial charge in [-0.2, -0.15) is 11.3 Å². The van der Waals surface area contributed by atoms with Gasteiger partial charge in [0, 0.05) is 11.3 Å². The molecule has 2 aromatic heterocycles. The van der Waals surface area contributed by atoms with Crippen LogP contribution in [-0.4, -0.2) is 5.91 Å². The van der Waals surface area contributed by atoms with E-state index in [1.807, 2.05) is 36.6 Å². The second-order valence-electron chi connectivity index (χ2n) is 4.61. The van der Waals surface area contributed by atoms with Crippen molar-refractivity contribution in [1.29, 1.82) is 0 Å². The minimum absolute atomic E-state index is 0.249. The van der Waals surface area contributed by atoms with Crippen molar-refractivity contribution < 1.29 is 9.21 Å². The zero-order valence-electron chi connectivity index (χ0n) is 11.2. The summed E-state index contributed by atoms with van der Waals surface area (Å²) in [6.45, 7) is 1.84. The van der Waals surface area contributed by atoms with Crippen LogP contribution < -0.4 is 5.32 Å². The van der Waals surface area contributed by atoms with E-state index in [-0.39, 0.29) is 5.91 Å². The molecule has 21 heavy (non-hydrogen) atoms. The lowest BCUT2D eigenvalue weighted by Gasteiger charge is -2.06. The highest BCUT2D eigenvalue weighted by Gasteiger charge is 2.15. The van der Waals surface area contributed by atoms with Crippen LogP contribution in [0.4, 0.5) is 5.69 Å². The number of thiophene rings is 1. The number of carbonyl (C=O) groups is 1. The molecule has 0 fully saturated rings. The molecule has 3 nitrogen and oxygen atoms in total. The first-order chi connectivity index (χ1) is 10.1. The molecule has 0 bridgehead atoms. The van der Waals surface area contributed by atoms with Crippen LogP contribution in [0.1, 0.15) is 16.1 Å². The van der Waals surface area contributed by atoms with Crippen LogP contribution in [0.25, 0.3) is 11.1 Å². The van der Waals surface area contributed by atoms with Crippen molar-refractivity contribution in [2.24, 2.45) is 0 Å². The van der Waals surface area contributed by atoms with Gasteiger partial charge in [-0.1, -0.05) is 12.1 Å². The zero-order valence-corrected chi connectivity index (χ0v) is 13.6. The highest BCUT2D eigenvalue weighted by Crippen LogP contribution is 2.26. The van der Waals surface area contributed by atoms with Crippen LogP contribution in [-0.2, 0) is 0 Å². The smallest absolute Gasteiger partial charge is 0.291 e. The first-order valence-corrected chi connectivity index (χ1v) is 8.07. The number of hydrogen-bond acceptors (Lipinski definition) is 3. The number of anilines is 1. The molecule has 0 unspecified atom stereocenters. The van der Waals surface area contributed by atoms with E-state index in [4.69, 9.17) is 4.42 Å². The Balaban J connectivity index is 1.84. The number of aryl methyl sites for hydroxylation is 1. The van der Waals surface area contributed by atoms with Crippen molar-refractivity contribution in [1.82, 2.24) is 0 Å². The molecule has 1 N–H and O–H groups in total. The highest BCUT2D eigenvalue weighted by molar-refractivity contribution is 9.10. The van der Waals surface area contributed by atoms with Crippen LogP contribution in [0.3, 0.4) is 0 Å². The van der Waals surface area contributed by atoms with E-state index in [0.717, 1.165) is 22.4 Å². The normalized spacial score (nSPS) is 10.6. The maximum Gasteiger partial charge on any atom is 0.291 e. The Hall–Kier alpha value is -1.85. The number of halogens is 1. The number of hydrogen-bond donors (Lipinski definition) is 1. The third-order valence-corrected chi connectivity index (χ3v) is 4.14. The minimum Gasteiger partial charge on any atom is -0.444 e. The number of benzene rings is 1. The van der Waals surface area contributed by atoms with Gasteiger partial charge in [0.15, 0.2) is 10.4 Å². The monoisotopic (exact) mass is 361 g/mol. The average Bonchev–Trinajstić information content (AvgIpc) is 3.08. The van der Waals surface area contributed by atoms with Crippen molar-refractivity contribution in [3.63, 3.8) is 0 Å². The summed E-state index contributed by atoms with van der Waals surface area (Å²) in [6, 6.07) is 11.6. The van der Waals surface area contributed by atoms with Crippen LogP contribution in [0.2, 0.25) is 0 Å². The van der Waals surface area contributed by atoms with Crippen molar-refractivity contribution in [2.45, 2.75) is 6.92 Å². The van der Waals surface area contributed by atoms with E-state index in [1.165, 1.54) is 0 Å². The molecule has 2 heterocycles. The van der Waals surface area contributed by atoms with E-state index in [9.17, 15) is 4.79 Å². The number of rotatable bonds is 3. The Labute approximate surface area is 134 Å². The first kappa shape index (κ1) is 14.1. The predicted octanol–water partition coefficient (Wildman–Crippen LogP) is 5.33. The van der Waals surface area contributed by atoms with Crippen LogP contribution in [0, 0.1) is 6.92 Å². The van der Waals surface area contributed by atoms with Gasteiger partial charge in [-0.05, 0) is 69.0 Å². The summed E-state index contributed by atoms with van der Waals surface area (Å²) in [5.74, 6) is 0.0727. The van der Waals surface area contributed by atoms with E-state index >= 15 is 0 Å². The van der Waals surface area contributed by atoms with Crippen LogP contribution in [0.15, 0.2) is 56.2 Å². The fourth-order valence-corrected chi connectivity index (χ4v) is 3.23. The molecule has 106 valence electrons. The van der Waals surface area contributed by atoms with Gasteiger partial charge in [0.2, 0.25) is 0 Å². The van der Waals surface area contributed by atoms with E-state index < -0.39 is 0 Å². The maximum absolute atomic E-state index is 12.2. The molecule has 0 aliphatic carbocycles. The third kappa shape index (κ3) is 3.09. The van der Waals surface area contributed by atoms with Gasteiger partial charge in [0.1, 0.15) is 0 Å². The summed E-state index contributed by atoms with van der Waals surface area (Å²) in [4.78, 5) is 12.2. The zero-order chi connectivity index (χ0) is 14.8. The van der Waals surface area contributed by atoms with E-state index in [0.29, 0.717) is 10.4 Å². The topological polar surface area (TPSA) is 42.2 Å². The molecule has 1 amide bonds. The molecule has 0 radical (unpaired) electrons. The number of amides is 1. The van der Waals surface area contributed by atoms with Crippen molar-refractivity contribution >= 4 is 38.9 Å². The number of furan rings is 1. The standard InChI is InChI=1S/C16H12BrNO2S/c1-10-7-14(17)20-15(10)16(19)18-13-4-2-3-11(8-13)12-5-6-21-9-12/h2-9H,1H3,(H,18,19). The molecular formula is C16H12BrNO2S. The Morgan fingerprint density at radius 1 is 1.24 bits per heavy atom. The van der Waals surface area contributed by atoms with Crippen molar-refractivity contribution in [2.75, 3.05) is 5.32 Å². The van der Waals surface area contributed by atoms with Crippen molar-refractivity contribution in [3.8, 4) is 11.1 Å². The lowest BCUT2D eigenvalue weighted by Crippen LogP contribution is -2.12. The minimum atomic E-state index is -0.249. The fraction of sp³-hybridized carbons (Fsp3) is 0.0625. The summed E-state index contributed by atoms with van der Waals surface area (Å²) >= 11 is 4.88. The molecule has 1 aromatic carbocycles. The molecule has 3 aromatic rings. The van der Waals surface area contributed by atoms with Gasteiger partial charge in [-0.3, -0.25) is 4.79 Å². The number of nitrogens with one attached hydrogen (secondary N) is 1. The third-order valence-electron chi connectivity index (χ3n) is 3.07. The lowest BCUT2D eigenvalue weighted by molar-refractivity contribution is 0.0994. The quantitative estimate of drug-likeness (QED) is 0.684. The van der Waals surface area contributed by atoms with E-state index in [2.05, 4.69) is 32.7 Å². The number of carbonyl (C=O) groups excluding carboxylic acids is 1. The molecule has 5 heteroatoms. The molecule has 3 rings (SSSR count). The van der Waals surface area contributed by atoms with Gasteiger partial charge in [0.05, 0.1) is 0 Å². The van der Waals surface area contributed by atoms with Gasteiger partial charge in [-0.15, -0.1) is 0 Å². The SMILES string of the molecule is Cc1cc(Br)oc1C(=O)Nc1cccc(-c2ccsc2)c1. The van der Waals surface area contributed by atoms with Crippen molar-refractivity contribution in [3.05, 3.63) is 63.2 Å². The summed E-state index contributed by atoms with van der Waals surface area (Å²) < 4.78 is 5.91. The maximum atomic E-state index is 12.2. The second-order valence-corrected chi connectivity index (χ2v) is 6.17. The molecule has 0 saturated heterocycles. The van der Waals surface area contributed by atoms with Crippen LogP contribution in [0.5, 0.6) is 0 Å². The summed E-state index contributed by atoms with van der Waals surface area (Å²) in [5, 5.41) is 6.97. The largest absolute Gasteiger partial charge is 0.444 e. The average molecular weight is 362 g/mol. The Morgan fingerprint density at radius 2 is 2.10 bits per heavy atom. The van der Waals surface area contributed by atoms with Gasteiger partial charge >= 0.3 is 0 Å². The second kappa shape index (κ2) is 5.87. The molecule has 0 saturated carbocycles. The van der Waals surface area contributed by atoms with Gasteiger partial charge < -0.3 is 9.73 Å². The van der Waals surface area contributed by atoms with E-state index in [1.54, 1.807) is 17.4 Å². The molecule has 0 aliphatic heterocycles. The first-order valence-electron chi connectivity index (χ1n) is 6.33. The summed E-state index contributed by atoms with van der Waals surface area (Å²) in [6.07, 6.45) is 0. The Morgan fingerprint density at radius 3 is 2.76 bits per heavy atom. The fourth-order valence-electron chi connectivity index (χ4n) is 2.06. The van der Waals surface area contributed by atoms with Crippen LogP contribution >= 0.6 is 27.3 Å². The van der Waals surface area contributed by atoms with Gasteiger partial charge in [0.25, 0.3) is 5.91 Å². The lowest BCUT2D eigenvalue weighted by atomic mass is 10.1. The summed E-state index contributed by atoms with van der Waals surface area (Å²) in [7, 11) is 0. The molecule has 0 aliphatic rings. The molecule has 0 spiro atoms. The highest BCUT2D eigenvalue weighted by atomic mass is 79.9. The predicted molar refractivity (Wildman–Crippen MR) is 88.9 cm³/mol. The molecular weight excluding hydrogens is 350 g/mol. The molecule has 0 atom stereocenters. The summed E-state index contributed by atoms with van der Waals surface area (Å²) in [5.41, 5.74) is 3.77. The Bertz CT molecular complexity index is 777.